The highest BCUT2D eigenvalue weighted by atomic mass is 35.5. The van der Waals surface area contributed by atoms with Crippen LogP contribution < -0.4 is 0 Å². The van der Waals surface area contributed by atoms with Gasteiger partial charge in [0.25, 0.3) is 0 Å². The van der Waals surface area contributed by atoms with Gasteiger partial charge in [-0.05, 0) is 57.0 Å². The molecule has 1 heterocycles. The molecule has 1 aliphatic carbocycles. The number of Topliss-reactive ketones (excluding diaryl/α,β-unsaturated/α-hetero) is 1. The topological polar surface area (TPSA) is 64.1 Å². The number of thiazole rings is 1. The Bertz CT molecular complexity index is 1200. The molecular weight excluding hydrogens is 445 g/mol. The van der Waals surface area contributed by atoms with Gasteiger partial charge in [0.2, 0.25) is 0 Å². The van der Waals surface area contributed by atoms with E-state index < -0.39 is 21.9 Å². The molecular formula is C22H19ClFNO3S2. The molecule has 1 saturated carbocycles. The lowest BCUT2D eigenvalue weighted by Crippen LogP contribution is -2.30. The van der Waals surface area contributed by atoms with Gasteiger partial charge in [-0.15, -0.1) is 11.3 Å². The number of thiol groups is 1. The molecule has 0 N–H and O–H groups in total. The monoisotopic (exact) mass is 463 g/mol. The van der Waals surface area contributed by atoms with Crippen LogP contribution in [0.4, 0.5) is 4.39 Å². The van der Waals surface area contributed by atoms with Crippen molar-refractivity contribution >= 4 is 39.4 Å². The zero-order valence-corrected chi connectivity index (χ0v) is 18.8. The molecule has 2 aromatic carbocycles. The van der Waals surface area contributed by atoms with Gasteiger partial charge in [0.1, 0.15) is 16.6 Å². The predicted octanol–water partition coefficient (Wildman–Crippen LogP) is 5.50. The van der Waals surface area contributed by atoms with Crippen LogP contribution in [-0.4, -0.2) is 19.2 Å². The minimum Gasteiger partial charge on any atom is -0.298 e. The molecule has 30 heavy (non-hydrogen) atoms. The number of hydrogen-bond donors (Lipinski definition) is 1. The summed E-state index contributed by atoms with van der Waals surface area (Å²) >= 11 is 7.27. The van der Waals surface area contributed by atoms with E-state index in [9.17, 15) is 17.6 Å². The highest BCUT2D eigenvalue weighted by Gasteiger charge is 2.43. The number of benzene rings is 2. The van der Waals surface area contributed by atoms with Crippen LogP contribution in [-0.2, 0) is 20.9 Å². The Labute approximate surface area is 184 Å². The van der Waals surface area contributed by atoms with Gasteiger partial charge in [-0.3, -0.25) is 4.79 Å². The van der Waals surface area contributed by atoms with Crippen LogP contribution in [0.1, 0.15) is 31.7 Å². The van der Waals surface area contributed by atoms with Crippen molar-refractivity contribution in [2.24, 2.45) is 5.92 Å². The third-order valence-electron chi connectivity index (χ3n) is 5.25. The lowest BCUT2D eigenvalue weighted by Gasteiger charge is -2.20. The van der Waals surface area contributed by atoms with Crippen molar-refractivity contribution in [1.29, 1.82) is 0 Å². The molecule has 4 nitrogen and oxygen atoms in total. The Kier molecular flexibility index (Phi) is 5.55. The minimum absolute atomic E-state index is 0.0655. The summed E-state index contributed by atoms with van der Waals surface area (Å²) in [5, 5.41) is 1.17. The number of halogens is 2. The van der Waals surface area contributed by atoms with Crippen molar-refractivity contribution in [1.82, 2.24) is 4.98 Å². The Morgan fingerprint density at radius 1 is 1.17 bits per heavy atom. The van der Waals surface area contributed by atoms with Crippen molar-refractivity contribution in [3.05, 3.63) is 58.3 Å². The van der Waals surface area contributed by atoms with E-state index in [0.717, 1.165) is 24.5 Å². The molecule has 0 radical (unpaired) electrons. The summed E-state index contributed by atoms with van der Waals surface area (Å²) in [4.78, 5) is 18.1. The van der Waals surface area contributed by atoms with E-state index in [1.54, 1.807) is 24.3 Å². The molecule has 0 spiro atoms. The number of carbonyl (C=O) groups excluding carboxylic acids is 1. The Morgan fingerprint density at radius 3 is 2.40 bits per heavy atom. The summed E-state index contributed by atoms with van der Waals surface area (Å²) < 4.78 is 37.3. The molecule has 156 valence electrons. The van der Waals surface area contributed by atoms with Gasteiger partial charge in [-0.25, -0.2) is 17.8 Å². The van der Waals surface area contributed by atoms with Crippen molar-refractivity contribution < 1.29 is 17.6 Å². The average Bonchev–Trinajstić information content (AvgIpc) is 3.46. The molecule has 0 atom stereocenters. The fraction of sp³-hybridized carbons (Fsp3) is 0.273. The highest BCUT2D eigenvalue weighted by molar-refractivity contribution is 7.72. The van der Waals surface area contributed by atoms with Crippen LogP contribution in [0.2, 0.25) is 5.02 Å². The first-order valence-corrected chi connectivity index (χ1v) is 11.8. The standard InChI is InChI=1S/C22H19ClFNO3S2/c1-22(2,20(26)13-3-4-13)21-25-18(12-5-7-14(23)8-6-12)19(29-21)16-10-9-15(30(27)28)11-17(16)24/h5-11,13,30H,3-4H2,1-2H3. The van der Waals surface area contributed by atoms with Crippen molar-refractivity contribution in [2.45, 2.75) is 37.0 Å². The van der Waals surface area contributed by atoms with Gasteiger partial charge in [-0.1, -0.05) is 23.7 Å². The van der Waals surface area contributed by atoms with Gasteiger partial charge in [0, 0.05) is 22.1 Å². The van der Waals surface area contributed by atoms with Crippen molar-refractivity contribution in [3.8, 4) is 21.7 Å². The second-order valence-corrected chi connectivity index (χ2v) is 10.4. The first-order chi connectivity index (χ1) is 14.2. The van der Waals surface area contributed by atoms with Gasteiger partial charge in [-0.2, -0.15) is 0 Å². The minimum atomic E-state index is -2.88. The van der Waals surface area contributed by atoms with Gasteiger partial charge in [0.15, 0.2) is 10.7 Å². The van der Waals surface area contributed by atoms with Gasteiger partial charge >= 0.3 is 0 Å². The lowest BCUT2D eigenvalue weighted by atomic mass is 9.86. The fourth-order valence-electron chi connectivity index (χ4n) is 3.34. The molecule has 4 rings (SSSR count). The van der Waals surface area contributed by atoms with Crippen LogP contribution in [0.3, 0.4) is 0 Å². The zero-order valence-electron chi connectivity index (χ0n) is 16.3. The molecule has 8 heteroatoms. The Hall–Kier alpha value is -2.09. The molecule has 1 fully saturated rings. The number of ketones is 1. The van der Waals surface area contributed by atoms with E-state index >= 15 is 0 Å². The number of carbonyl (C=O) groups is 1. The van der Waals surface area contributed by atoms with Gasteiger partial charge < -0.3 is 0 Å². The zero-order chi connectivity index (χ0) is 21.6. The van der Waals surface area contributed by atoms with Crippen molar-refractivity contribution in [3.63, 3.8) is 0 Å². The fourth-order valence-corrected chi connectivity index (χ4v) is 5.10. The molecule has 0 bridgehead atoms. The Morgan fingerprint density at radius 2 is 1.83 bits per heavy atom. The second kappa shape index (κ2) is 7.87. The number of hydrogen-bond acceptors (Lipinski definition) is 5. The largest absolute Gasteiger partial charge is 0.298 e. The molecule has 0 amide bonds. The molecule has 1 aliphatic rings. The summed E-state index contributed by atoms with van der Waals surface area (Å²) in [5.41, 5.74) is 0.741. The summed E-state index contributed by atoms with van der Waals surface area (Å²) in [6.07, 6.45) is 1.79. The molecule has 3 aromatic rings. The quantitative estimate of drug-likeness (QED) is 0.490. The summed E-state index contributed by atoms with van der Waals surface area (Å²) in [6, 6.07) is 10.9. The SMILES string of the molecule is CC(C)(C(=O)C1CC1)c1nc(-c2ccc(Cl)cc2)c(-c2ccc([SH](=O)=O)cc2F)s1. The maximum Gasteiger partial charge on any atom is 0.168 e. The number of nitrogens with zero attached hydrogens (tertiary/aromatic N) is 1. The number of aromatic nitrogens is 1. The average molecular weight is 464 g/mol. The first-order valence-electron chi connectivity index (χ1n) is 9.44. The normalized spacial score (nSPS) is 14.3. The second-order valence-electron chi connectivity index (χ2n) is 7.89. The highest BCUT2D eigenvalue weighted by Crippen LogP contribution is 2.45. The molecule has 0 saturated heterocycles. The molecule has 0 unspecified atom stereocenters. The smallest absolute Gasteiger partial charge is 0.168 e. The van der Waals surface area contributed by atoms with E-state index in [2.05, 4.69) is 0 Å². The van der Waals surface area contributed by atoms with E-state index in [1.807, 2.05) is 13.8 Å². The van der Waals surface area contributed by atoms with Crippen LogP contribution in [0.15, 0.2) is 47.4 Å². The summed E-state index contributed by atoms with van der Waals surface area (Å²) in [5.74, 6) is -0.441. The molecule has 1 aromatic heterocycles. The van der Waals surface area contributed by atoms with E-state index in [1.165, 1.54) is 23.5 Å². The van der Waals surface area contributed by atoms with Crippen LogP contribution in [0.5, 0.6) is 0 Å². The maximum absolute atomic E-state index is 14.9. The first kappa shape index (κ1) is 21.2. The lowest BCUT2D eigenvalue weighted by molar-refractivity contribution is -0.124. The van der Waals surface area contributed by atoms with Crippen molar-refractivity contribution in [2.75, 3.05) is 0 Å². The third kappa shape index (κ3) is 3.94. The van der Waals surface area contributed by atoms with Crippen LogP contribution >= 0.6 is 22.9 Å². The number of rotatable bonds is 6. The van der Waals surface area contributed by atoms with E-state index in [-0.39, 0.29) is 22.2 Å². The third-order valence-corrected chi connectivity index (χ3v) is 7.62. The molecule has 0 aliphatic heterocycles. The summed E-state index contributed by atoms with van der Waals surface area (Å²) in [6.45, 7) is 3.70. The summed E-state index contributed by atoms with van der Waals surface area (Å²) in [7, 11) is -2.88. The maximum atomic E-state index is 14.9. The predicted molar refractivity (Wildman–Crippen MR) is 117 cm³/mol. The van der Waals surface area contributed by atoms with Crippen LogP contribution in [0, 0.1) is 11.7 Å². The van der Waals surface area contributed by atoms with Crippen LogP contribution in [0.25, 0.3) is 21.7 Å². The Balaban J connectivity index is 1.89. The van der Waals surface area contributed by atoms with E-state index in [0.29, 0.717) is 20.6 Å². The van der Waals surface area contributed by atoms with E-state index in [4.69, 9.17) is 16.6 Å². The van der Waals surface area contributed by atoms with Gasteiger partial charge in [0.05, 0.1) is 20.9 Å².